The first-order valence-corrected chi connectivity index (χ1v) is 6.82. The zero-order valence-electron chi connectivity index (χ0n) is 11.1. The smallest absolute Gasteiger partial charge is 0.262 e. The summed E-state index contributed by atoms with van der Waals surface area (Å²) in [6.45, 7) is 0.817. The Bertz CT molecular complexity index is 574. The summed E-state index contributed by atoms with van der Waals surface area (Å²) in [6, 6.07) is 3.03. The largest absolute Gasteiger partial charge is 0.482 e. The molecular formula is C13H15Cl2N3O3. The summed E-state index contributed by atoms with van der Waals surface area (Å²) >= 11 is 6.12. The molecule has 2 aliphatic rings. The van der Waals surface area contributed by atoms with Crippen molar-refractivity contribution in [2.45, 2.75) is 18.9 Å². The van der Waals surface area contributed by atoms with E-state index < -0.39 is 0 Å². The number of amides is 2. The highest BCUT2D eigenvalue weighted by Gasteiger charge is 2.24. The number of carbonyl (C=O) groups is 2. The SMILES string of the molecule is Cl.O=C1COc2cc(NC(=O)[C@@H]3CCCN3)c(Cl)cc2N1. The number of carbonyl (C=O) groups excluding carboxylic acids is 2. The van der Waals surface area contributed by atoms with Crippen LogP contribution in [0.5, 0.6) is 5.75 Å². The van der Waals surface area contributed by atoms with Gasteiger partial charge in [0.15, 0.2) is 6.61 Å². The Kier molecular flexibility index (Phi) is 4.92. The van der Waals surface area contributed by atoms with Crippen molar-refractivity contribution < 1.29 is 14.3 Å². The first-order chi connectivity index (χ1) is 9.63. The lowest BCUT2D eigenvalue weighted by molar-refractivity contribution is -0.119. The molecule has 6 nitrogen and oxygen atoms in total. The van der Waals surface area contributed by atoms with Crippen LogP contribution < -0.4 is 20.7 Å². The molecule has 21 heavy (non-hydrogen) atoms. The van der Waals surface area contributed by atoms with E-state index in [1.54, 1.807) is 12.1 Å². The molecule has 1 aromatic carbocycles. The van der Waals surface area contributed by atoms with Gasteiger partial charge in [-0.05, 0) is 25.5 Å². The minimum atomic E-state index is -0.222. The van der Waals surface area contributed by atoms with Crippen molar-refractivity contribution in [1.29, 1.82) is 0 Å². The van der Waals surface area contributed by atoms with Crippen molar-refractivity contribution in [3.8, 4) is 5.75 Å². The minimum absolute atomic E-state index is 0. The molecule has 0 spiro atoms. The van der Waals surface area contributed by atoms with E-state index in [9.17, 15) is 9.59 Å². The standard InChI is InChI=1S/C13H14ClN3O3.ClH/c14-7-4-10-11(20-6-12(18)16-10)5-9(7)17-13(19)8-2-1-3-15-8;/h4-5,8,15H,1-3,6H2,(H,16,18)(H,17,19);1H/t8-;/m0./s1. The van der Waals surface area contributed by atoms with Gasteiger partial charge in [-0.15, -0.1) is 12.4 Å². The molecule has 8 heteroatoms. The normalized spacial score (nSPS) is 19.9. The fourth-order valence-electron chi connectivity index (χ4n) is 2.32. The van der Waals surface area contributed by atoms with E-state index >= 15 is 0 Å². The summed E-state index contributed by atoms with van der Waals surface area (Å²) in [5, 5.41) is 8.93. The maximum absolute atomic E-state index is 12.0. The molecule has 2 amide bonds. The van der Waals surface area contributed by atoms with Crippen LogP contribution in [0.15, 0.2) is 12.1 Å². The monoisotopic (exact) mass is 331 g/mol. The van der Waals surface area contributed by atoms with Crippen molar-refractivity contribution >= 4 is 47.2 Å². The Balaban J connectivity index is 0.00000161. The van der Waals surface area contributed by atoms with E-state index in [0.717, 1.165) is 19.4 Å². The van der Waals surface area contributed by atoms with Gasteiger partial charge in [0.05, 0.1) is 22.4 Å². The molecule has 1 fully saturated rings. The molecular weight excluding hydrogens is 317 g/mol. The Morgan fingerprint density at radius 3 is 2.95 bits per heavy atom. The number of ether oxygens (including phenoxy) is 1. The van der Waals surface area contributed by atoms with Crippen molar-refractivity contribution in [3.05, 3.63) is 17.2 Å². The molecule has 1 aromatic rings. The van der Waals surface area contributed by atoms with Crippen LogP contribution in [0.3, 0.4) is 0 Å². The third-order valence-corrected chi connectivity index (χ3v) is 3.65. The van der Waals surface area contributed by atoms with Crippen LogP contribution in [0.1, 0.15) is 12.8 Å². The van der Waals surface area contributed by atoms with Crippen molar-refractivity contribution in [2.24, 2.45) is 0 Å². The average Bonchev–Trinajstić information content (AvgIpc) is 2.94. The van der Waals surface area contributed by atoms with Gasteiger partial charge < -0.3 is 20.7 Å². The summed E-state index contributed by atoms with van der Waals surface area (Å²) < 4.78 is 5.30. The minimum Gasteiger partial charge on any atom is -0.482 e. The maximum atomic E-state index is 12.0. The van der Waals surface area contributed by atoms with Gasteiger partial charge in [-0.2, -0.15) is 0 Å². The predicted octanol–water partition coefficient (Wildman–Crippen LogP) is 1.78. The highest BCUT2D eigenvalue weighted by atomic mass is 35.5. The first kappa shape index (κ1) is 15.9. The zero-order valence-corrected chi connectivity index (χ0v) is 12.6. The van der Waals surface area contributed by atoms with E-state index in [1.165, 1.54) is 0 Å². The Morgan fingerprint density at radius 1 is 1.43 bits per heavy atom. The molecule has 2 aliphatic heterocycles. The maximum Gasteiger partial charge on any atom is 0.262 e. The molecule has 2 heterocycles. The van der Waals surface area contributed by atoms with Gasteiger partial charge in [0, 0.05) is 6.07 Å². The molecule has 3 N–H and O–H groups in total. The van der Waals surface area contributed by atoms with E-state index in [2.05, 4.69) is 16.0 Å². The number of nitrogens with one attached hydrogen (secondary N) is 3. The molecule has 1 saturated heterocycles. The van der Waals surface area contributed by atoms with Crippen LogP contribution in [0, 0.1) is 0 Å². The lowest BCUT2D eigenvalue weighted by Gasteiger charge is -2.20. The second kappa shape index (κ2) is 6.51. The number of benzene rings is 1. The second-order valence-corrected chi connectivity index (χ2v) is 5.21. The molecule has 114 valence electrons. The highest BCUT2D eigenvalue weighted by molar-refractivity contribution is 6.34. The molecule has 3 rings (SSSR count). The number of hydrogen-bond donors (Lipinski definition) is 3. The van der Waals surface area contributed by atoms with Crippen LogP contribution in [-0.2, 0) is 9.59 Å². The van der Waals surface area contributed by atoms with E-state index in [1.807, 2.05) is 0 Å². The number of halogens is 2. The Labute approximate surface area is 133 Å². The highest BCUT2D eigenvalue weighted by Crippen LogP contribution is 2.36. The molecule has 0 aromatic heterocycles. The van der Waals surface area contributed by atoms with E-state index in [0.29, 0.717) is 22.1 Å². The number of fused-ring (bicyclic) bond motifs is 1. The summed E-state index contributed by atoms with van der Waals surface area (Å²) in [4.78, 5) is 23.3. The first-order valence-electron chi connectivity index (χ1n) is 6.44. The van der Waals surface area contributed by atoms with Gasteiger partial charge in [-0.1, -0.05) is 11.6 Å². The van der Waals surface area contributed by atoms with Crippen LogP contribution in [0.4, 0.5) is 11.4 Å². The molecule has 0 saturated carbocycles. The lowest BCUT2D eigenvalue weighted by atomic mass is 10.2. The van der Waals surface area contributed by atoms with E-state index in [-0.39, 0.29) is 36.9 Å². The van der Waals surface area contributed by atoms with Gasteiger partial charge in [0.25, 0.3) is 5.91 Å². The summed E-state index contributed by atoms with van der Waals surface area (Å²) in [7, 11) is 0. The third-order valence-electron chi connectivity index (χ3n) is 3.34. The van der Waals surface area contributed by atoms with Crippen molar-refractivity contribution in [1.82, 2.24) is 5.32 Å². The molecule has 0 radical (unpaired) electrons. The average molecular weight is 332 g/mol. The second-order valence-electron chi connectivity index (χ2n) is 4.80. The van der Waals surface area contributed by atoms with Gasteiger partial charge in [-0.3, -0.25) is 9.59 Å². The van der Waals surface area contributed by atoms with E-state index in [4.69, 9.17) is 16.3 Å². The molecule has 1 atom stereocenters. The fraction of sp³-hybridized carbons (Fsp3) is 0.385. The van der Waals surface area contributed by atoms with Crippen molar-refractivity contribution in [2.75, 3.05) is 23.8 Å². The quantitative estimate of drug-likeness (QED) is 0.771. The zero-order chi connectivity index (χ0) is 14.1. The predicted molar refractivity (Wildman–Crippen MR) is 82.5 cm³/mol. The van der Waals surface area contributed by atoms with Crippen LogP contribution in [0.2, 0.25) is 5.02 Å². The Hall–Kier alpha value is -1.50. The van der Waals surface area contributed by atoms with Gasteiger partial charge in [0.1, 0.15) is 5.75 Å². The molecule has 0 bridgehead atoms. The lowest BCUT2D eigenvalue weighted by Crippen LogP contribution is -2.35. The molecule has 0 aliphatic carbocycles. The summed E-state index contributed by atoms with van der Waals surface area (Å²) in [6.07, 6.45) is 1.81. The topological polar surface area (TPSA) is 79.5 Å². The van der Waals surface area contributed by atoms with Crippen LogP contribution in [-0.4, -0.2) is 31.0 Å². The molecule has 0 unspecified atom stereocenters. The Morgan fingerprint density at radius 2 is 2.24 bits per heavy atom. The number of anilines is 2. The van der Waals surface area contributed by atoms with Gasteiger partial charge in [0.2, 0.25) is 5.91 Å². The van der Waals surface area contributed by atoms with Crippen LogP contribution >= 0.6 is 24.0 Å². The summed E-state index contributed by atoms with van der Waals surface area (Å²) in [5.41, 5.74) is 1.00. The van der Waals surface area contributed by atoms with Crippen molar-refractivity contribution in [3.63, 3.8) is 0 Å². The van der Waals surface area contributed by atoms with Crippen LogP contribution in [0.25, 0.3) is 0 Å². The number of hydrogen-bond acceptors (Lipinski definition) is 4. The number of rotatable bonds is 2. The third kappa shape index (κ3) is 3.40. The summed E-state index contributed by atoms with van der Waals surface area (Å²) in [5.74, 6) is 0.174. The fourth-order valence-corrected chi connectivity index (χ4v) is 2.53. The van der Waals surface area contributed by atoms with Gasteiger partial charge in [-0.25, -0.2) is 0 Å². The van der Waals surface area contributed by atoms with Gasteiger partial charge >= 0.3 is 0 Å².